The molecular formula is C11H17N5O2. The Morgan fingerprint density at radius 3 is 2.28 bits per heavy atom. The molecule has 1 aromatic heterocycles. The lowest BCUT2D eigenvalue weighted by molar-refractivity contribution is -0.121. The van der Waals surface area contributed by atoms with Gasteiger partial charge in [0.15, 0.2) is 5.69 Å². The van der Waals surface area contributed by atoms with E-state index in [4.69, 9.17) is 5.73 Å². The van der Waals surface area contributed by atoms with Crippen molar-refractivity contribution in [3.05, 3.63) is 17.8 Å². The fourth-order valence-electron chi connectivity index (χ4n) is 1.12. The molecule has 1 rings (SSSR count). The zero-order valence-electron chi connectivity index (χ0n) is 10.9. The molecule has 0 aliphatic rings. The van der Waals surface area contributed by atoms with Crippen molar-refractivity contribution in [2.24, 2.45) is 5.73 Å². The number of hydrogen-bond acceptors (Lipinski definition) is 5. The summed E-state index contributed by atoms with van der Waals surface area (Å²) < 4.78 is 0. The summed E-state index contributed by atoms with van der Waals surface area (Å²) in [5.74, 6) is -0.352. The average Bonchev–Trinajstić information content (AvgIpc) is 2.28. The highest BCUT2D eigenvalue weighted by molar-refractivity contribution is 5.92. The number of amides is 2. The quantitative estimate of drug-likeness (QED) is 0.775. The molecule has 1 heterocycles. The second kappa shape index (κ2) is 4.99. The summed E-state index contributed by atoms with van der Waals surface area (Å²) in [6.07, 6.45) is 0. The fourth-order valence-corrected chi connectivity index (χ4v) is 1.12. The van der Waals surface area contributed by atoms with Crippen LogP contribution in [0.1, 0.15) is 24.3 Å². The Hall–Kier alpha value is -2.18. The number of nitrogens with two attached hydrogens (primary N) is 1. The monoisotopic (exact) mass is 251 g/mol. The molecule has 0 radical (unpaired) electrons. The van der Waals surface area contributed by atoms with E-state index in [1.807, 2.05) is 0 Å². The van der Waals surface area contributed by atoms with Crippen molar-refractivity contribution >= 4 is 17.6 Å². The van der Waals surface area contributed by atoms with E-state index in [0.29, 0.717) is 5.82 Å². The molecule has 0 bridgehead atoms. The minimum atomic E-state index is -0.929. The predicted octanol–water partition coefficient (Wildman–Crippen LogP) is -0.146. The third kappa shape index (κ3) is 3.16. The molecule has 0 atom stereocenters. The van der Waals surface area contributed by atoms with Crippen LogP contribution in [0.2, 0.25) is 0 Å². The standard InChI is InChI=1S/C11H17N5O2/c1-11(2,10(12)18)13-8-6-5-7(14-15-8)9(17)16(3)4/h5-6H,1-4H3,(H2,12,18)(H,13,15). The SMILES string of the molecule is CN(C)C(=O)c1ccc(NC(C)(C)C(N)=O)nn1. The Morgan fingerprint density at radius 1 is 1.28 bits per heavy atom. The van der Waals surface area contributed by atoms with E-state index < -0.39 is 11.4 Å². The summed E-state index contributed by atoms with van der Waals surface area (Å²) in [6.45, 7) is 3.27. The van der Waals surface area contributed by atoms with E-state index in [0.717, 1.165) is 0 Å². The van der Waals surface area contributed by atoms with Crippen LogP contribution >= 0.6 is 0 Å². The number of carbonyl (C=O) groups is 2. The number of anilines is 1. The summed E-state index contributed by atoms with van der Waals surface area (Å²) in [5.41, 5.74) is 4.54. The van der Waals surface area contributed by atoms with Crippen molar-refractivity contribution < 1.29 is 9.59 Å². The zero-order chi connectivity index (χ0) is 13.9. The molecule has 0 saturated heterocycles. The molecule has 3 N–H and O–H groups in total. The second-order valence-electron chi connectivity index (χ2n) is 4.62. The maximum absolute atomic E-state index is 11.6. The van der Waals surface area contributed by atoms with Crippen LogP contribution in [0.15, 0.2) is 12.1 Å². The molecule has 18 heavy (non-hydrogen) atoms. The summed E-state index contributed by atoms with van der Waals surface area (Å²) in [7, 11) is 3.26. The first-order valence-corrected chi connectivity index (χ1v) is 5.37. The Labute approximate surface area is 105 Å². The number of carbonyl (C=O) groups excluding carboxylic acids is 2. The van der Waals surface area contributed by atoms with Crippen molar-refractivity contribution in [3.8, 4) is 0 Å². The van der Waals surface area contributed by atoms with Gasteiger partial charge in [0, 0.05) is 14.1 Å². The van der Waals surface area contributed by atoms with E-state index in [-0.39, 0.29) is 11.6 Å². The van der Waals surface area contributed by atoms with Crippen molar-refractivity contribution in [2.75, 3.05) is 19.4 Å². The van der Waals surface area contributed by atoms with Crippen molar-refractivity contribution in [2.45, 2.75) is 19.4 Å². The van der Waals surface area contributed by atoms with Gasteiger partial charge in [-0.15, -0.1) is 10.2 Å². The first kappa shape index (κ1) is 13.9. The third-order valence-electron chi connectivity index (χ3n) is 2.35. The van der Waals surface area contributed by atoms with E-state index in [2.05, 4.69) is 15.5 Å². The van der Waals surface area contributed by atoms with Crippen LogP contribution in [0.5, 0.6) is 0 Å². The van der Waals surface area contributed by atoms with Crippen LogP contribution in [-0.2, 0) is 4.79 Å². The van der Waals surface area contributed by atoms with E-state index >= 15 is 0 Å². The van der Waals surface area contributed by atoms with Gasteiger partial charge in [-0.3, -0.25) is 9.59 Å². The van der Waals surface area contributed by atoms with Crippen LogP contribution in [0, 0.1) is 0 Å². The minimum Gasteiger partial charge on any atom is -0.368 e. The lowest BCUT2D eigenvalue weighted by atomic mass is 10.1. The van der Waals surface area contributed by atoms with E-state index in [1.54, 1.807) is 34.0 Å². The maximum Gasteiger partial charge on any atom is 0.273 e. The number of hydrogen-bond donors (Lipinski definition) is 2. The molecule has 0 aliphatic carbocycles. The maximum atomic E-state index is 11.6. The number of aromatic nitrogens is 2. The van der Waals surface area contributed by atoms with E-state index in [9.17, 15) is 9.59 Å². The summed E-state index contributed by atoms with van der Waals surface area (Å²) in [4.78, 5) is 24.1. The van der Waals surface area contributed by atoms with Crippen LogP contribution in [0.3, 0.4) is 0 Å². The Kier molecular flexibility index (Phi) is 3.85. The molecule has 1 aromatic rings. The van der Waals surface area contributed by atoms with Crippen molar-refractivity contribution in [1.29, 1.82) is 0 Å². The van der Waals surface area contributed by atoms with E-state index in [1.165, 1.54) is 11.0 Å². The number of nitrogens with zero attached hydrogens (tertiary/aromatic N) is 3. The van der Waals surface area contributed by atoms with Crippen molar-refractivity contribution in [1.82, 2.24) is 15.1 Å². The zero-order valence-corrected chi connectivity index (χ0v) is 10.9. The van der Waals surface area contributed by atoms with Crippen LogP contribution in [0.4, 0.5) is 5.82 Å². The van der Waals surface area contributed by atoms with Gasteiger partial charge in [0.05, 0.1) is 0 Å². The summed E-state index contributed by atoms with van der Waals surface area (Å²) >= 11 is 0. The molecule has 0 spiro atoms. The molecular weight excluding hydrogens is 234 g/mol. The largest absolute Gasteiger partial charge is 0.368 e. The van der Waals surface area contributed by atoms with Crippen LogP contribution in [0.25, 0.3) is 0 Å². The number of primary amides is 1. The Bertz CT molecular complexity index is 453. The van der Waals surface area contributed by atoms with Gasteiger partial charge in [0.2, 0.25) is 5.91 Å². The van der Waals surface area contributed by atoms with Gasteiger partial charge in [0.1, 0.15) is 11.4 Å². The first-order chi connectivity index (χ1) is 8.24. The predicted molar refractivity (Wildman–Crippen MR) is 66.9 cm³/mol. The molecule has 2 amide bonds. The lowest BCUT2D eigenvalue weighted by Gasteiger charge is -2.22. The molecule has 0 aromatic carbocycles. The van der Waals surface area contributed by atoms with Gasteiger partial charge in [-0.05, 0) is 26.0 Å². The highest BCUT2D eigenvalue weighted by atomic mass is 16.2. The van der Waals surface area contributed by atoms with Gasteiger partial charge < -0.3 is 16.0 Å². The molecule has 0 aliphatic heterocycles. The molecule has 98 valence electrons. The highest BCUT2D eigenvalue weighted by Crippen LogP contribution is 2.11. The van der Waals surface area contributed by atoms with Gasteiger partial charge in [0.25, 0.3) is 5.91 Å². The minimum absolute atomic E-state index is 0.233. The molecule has 7 heteroatoms. The molecule has 0 unspecified atom stereocenters. The fraction of sp³-hybridized carbons (Fsp3) is 0.455. The van der Waals surface area contributed by atoms with Gasteiger partial charge >= 0.3 is 0 Å². The second-order valence-corrected chi connectivity index (χ2v) is 4.62. The normalized spacial score (nSPS) is 10.9. The highest BCUT2D eigenvalue weighted by Gasteiger charge is 2.25. The van der Waals surface area contributed by atoms with Gasteiger partial charge in [-0.25, -0.2) is 0 Å². The number of rotatable bonds is 4. The molecule has 0 fully saturated rings. The van der Waals surface area contributed by atoms with Gasteiger partial charge in [-0.1, -0.05) is 0 Å². The summed E-state index contributed by atoms with van der Waals surface area (Å²) in [5, 5.41) is 10.5. The molecule has 7 nitrogen and oxygen atoms in total. The summed E-state index contributed by atoms with van der Waals surface area (Å²) in [6, 6.07) is 3.11. The van der Waals surface area contributed by atoms with Gasteiger partial charge in [-0.2, -0.15) is 0 Å². The number of nitrogens with one attached hydrogen (secondary N) is 1. The Morgan fingerprint density at radius 2 is 1.89 bits per heavy atom. The smallest absolute Gasteiger partial charge is 0.273 e. The average molecular weight is 251 g/mol. The lowest BCUT2D eigenvalue weighted by Crippen LogP contribution is -2.45. The third-order valence-corrected chi connectivity index (χ3v) is 2.35. The van der Waals surface area contributed by atoms with Crippen molar-refractivity contribution in [3.63, 3.8) is 0 Å². The molecule has 0 saturated carbocycles. The van der Waals surface area contributed by atoms with Crippen LogP contribution < -0.4 is 11.1 Å². The topological polar surface area (TPSA) is 101 Å². The first-order valence-electron chi connectivity index (χ1n) is 5.37. The van der Waals surface area contributed by atoms with Crippen LogP contribution in [-0.4, -0.2) is 46.5 Å². The Balaban J connectivity index is 2.84.